The predicted molar refractivity (Wildman–Crippen MR) is 102 cm³/mol. The lowest BCUT2D eigenvalue weighted by Crippen LogP contribution is -1.97. The van der Waals surface area contributed by atoms with Crippen molar-refractivity contribution in [2.45, 2.75) is 20.5 Å². The third-order valence-corrected chi connectivity index (χ3v) is 3.93. The van der Waals surface area contributed by atoms with Gasteiger partial charge >= 0.3 is 0 Å². The van der Waals surface area contributed by atoms with E-state index in [4.69, 9.17) is 4.74 Å². The zero-order valence-corrected chi connectivity index (χ0v) is 14.7. The molecule has 0 atom stereocenters. The summed E-state index contributed by atoms with van der Waals surface area (Å²) in [6.45, 7) is 3.50. The highest BCUT2D eigenvalue weighted by Crippen LogP contribution is 2.26. The zero-order valence-electron chi connectivity index (χ0n) is 14.7. The summed E-state index contributed by atoms with van der Waals surface area (Å²) in [6, 6.07) is 15.2. The van der Waals surface area contributed by atoms with Gasteiger partial charge in [0.05, 0.1) is 18.0 Å². The maximum absolute atomic E-state index is 10.1. The van der Waals surface area contributed by atoms with Crippen LogP contribution in [0.1, 0.15) is 22.4 Å². The summed E-state index contributed by atoms with van der Waals surface area (Å²) in [5.41, 5.74) is 3.33. The van der Waals surface area contributed by atoms with Crippen LogP contribution >= 0.6 is 0 Å². The van der Waals surface area contributed by atoms with E-state index in [1.54, 1.807) is 6.92 Å². The van der Waals surface area contributed by atoms with Gasteiger partial charge in [-0.2, -0.15) is 0 Å². The number of ether oxygens (including phenoxy) is 1. The van der Waals surface area contributed by atoms with E-state index in [0.717, 1.165) is 11.3 Å². The Balaban J connectivity index is 1.78. The molecule has 26 heavy (non-hydrogen) atoms. The van der Waals surface area contributed by atoms with E-state index in [9.17, 15) is 10.2 Å². The number of aliphatic hydroxyl groups is 1. The van der Waals surface area contributed by atoms with Gasteiger partial charge in [-0.1, -0.05) is 12.1 Å². The van der Waals surface area contributed by atoms with Crippen molar-refractivity contribution in [3.63, 3.8) is 0 Å². The van der Waals surface area contributed by atoms with Crippen LogP contribution in [0.15, 0.2) is 59.7 Å². The van der Waals surface area contributed by atoms with Gasteiger partial charge in [0, 0.05) is 23.5 Å². The molecule has 0 radical (unpaired) electrons. The lowest BCUT2D eigenvalue weighted by molar-refractivity contribution is 0.280. The monoisotopic (exact) mass is 348 g/mol. The minimum atomic E-state index is -0.217. The molecule has 0 saturated carbocycles. The quantitative estimate of drug-likeness (QED) is 0.669. The fourth-order valence-corrected chi connectivity index (χ4v) is 2.48. The second-order valence-electron chi connectivity index (χ2n) is 5.96. The number of aliphatic imine (C=N–C) groups is 1. The average molecular weight is 348 g/mol. The Morgan fingerprint density at radius 3 is 2.54 bits per heavy atom. The van der Waals surface area contributed by atoms with E-state index >= 15 is 0 Å². The van der Waals surface area contributed by atoms with Crippen molar-refractivity contribution in [2.75, 3.05) is 0 Å². The number of nitrogens with zero attached hydrogens (tertiary/aromatic N) is 2. The van der Waals surface area contributed by atoms with Gasteiger partial charge in [0.1, 0.15) is 17.2 Å². The van der Waals surface area contributed by atoms with Crippen molar-refractivity contribution >= 4 is 11.9 Å². The third kappa shape index (κ3) is 4.07. The molecule has 0 aliphatic carbocycles. The molecule has 5 heteroatoms. The highest BCUT2D eigenvalue weighted by Gasteiger charge is 2.09. The second-order valence-corrected chi connectivity index (χ2v) is 5.96. The Morgan fingerprint density at radius 2 is 1.85 bits per heavy atom. The van der Waals surface area contributed by atoms with Crippen LogP contribution in [0.3, 0.4) is 0 Å². The van der Waals surface area contributed by atoms with Gasteiger partial charge in [-0.05, 0) is 55.8 Å². The summed E-state index contributed by atoms with van der Waals surface area (Å²) in [4.78, 5) is 8.40. The Labute approximate surface area is 152 Å². The second kappa shape index (κ2) is 7.80. The van der Waals surface area contributed by atoms with Crippen molar-refractivity contribution in [1.82, 2.24) is 4.98 Å². The van der Waals surface area contributed by atoms with Crippen molar-refractivity contribution in [1.29, 1.82) is 0 Å². The number of hydrogen-bond acceptors (Lipinski definition) is 5. The molecule has 0 saturated heterocycles. The first kappa shape index (κ1) is 17.6. The first-order valence-electron chi connectivity index (χ1n) is 8.24. The molecule has 3 rings (SSSR count). The standard InChI is InChI=1S/C21H20N2O3/c1-14-4-3-5-19(10-14)26-18-8-6-17(7-9-18)23-12-20-16(13-24)11-22-15(2)21(20)25/h3-12,24-25H,13H2,1-2H3. The van der Waals surface area contributed by atoms with Crippen LogP contribution in [0.25, 0.3) is 0 Å². The van der Waals surface area contributed by atoms with Crippen molar-refractivity contribution in [2.24, 2.45) is 4.99 Å². The molecule has 132 valence electrons. The number of aryl methyl sites for hydroxylation is 2. The number of pyridine rings is 1. The van der Waals surface area contributed by atoms with E-state index in [1.807, 2.05) is 55.5 Å². The molecule has 0 unspecified atom stereocenters. The molecule has 2 N–H and O–H groups in total. The predicted octanol–water partition coefficient (Wildman–Crippen LogP) is 4.44. The van der Waals surface area contributed by atoms with Gasteiger partial charge in [-0.15, -0.1) is 0 Å². The number of aromatic hydroxyl groups is 1. The third-order valence-electron chi connectivity index (χ3n) is 3.93. The molecular formula is C21H20N2O3. The number of benzene rings is 2. The molecule has 0 aliphatic heterocycles. The summed E-state index contributed by atoms with van der Waals surface area (Å²) in [7, 11) is 0. The largest absolute Gasteiger partial charge is 0.505 e. The molecule has 2 aromatic carbocycles. The first-order chi connectivity index (χ1) is 12.6. The van der Waals surface area contributed by atoms with Gasteiger partial charge < -0.3 is 14.9 Å². The Bertz CT molecular complexity index is 934. The van der Waals surface area contributed by atoms with Crippen LogP contribution in [0.5, 0.6) is 17.2 Å². The summed E-state index contributed by atoms with van der Waals surface area (Å²) in [6.07, 6.45) is 3.07. The fraction of sp³-hybridized carbons (Fsp3) is 0.143. The molecular weight excluding hydrogens is 328 g/mol. The summed E-state index contributed by atoms with van der Waals surface area (Å²) in [5.74, 6) is 1.53. The van der Waals surface area contributed by atoms with Gasteiger partial charge in [0.15, 0.2) is 0 Å². The van der Waals surface area contributed by atoms with Crippen molar-refractivity contribution in [3.8, 4) is 17.2 Å². The summed E-state index contributed by atoms with van der Waals surface area (Å²) < 4.78 is 5.82. The molecule has 0 aliphatic rings. The van der Waals surface area contributed by atoms with Crippen LogP contribution in [-0.2, 0) is 6.61 Å². The Kier molecular flexibility index (Phi) is 5.29. The molecule has 0 fully saturated rings. The van der Waals surface area contributed by atoms with Crippen LogP contribution in [0.4, 0.5) is 5.69 Å². The highest BCUT2D eigenvalue weighted by atomic mass is 16.5. The number of aliphatic hydroxyl groups excluding tert-OH is 1. The molecule has 0 amide bonds. The molecule has 5 nitrogen and oxygen atoms in total. The Hall–Kier alpha value is -3.18. The average Bonchev–Trinajstić information content (AvgIpc) is 2.64. The Morgan fingerprint density at radius 1 is 1.08 bits per heavy atom. The van der Waals surface area contributed by atoms with E-state index < -0.39 is 0 Å². The molecule has 1 aromatic heterocycles. The first-order valence-corrected chi connectivity index (χ1v) is 8.24. The minimum Gasteiger partial charge on any atom is -0.505 e. The fourth-order valence-electron chi connectivity index (χ4n) is 2.48. The summed E-state index contributed by atoms with van der Waals surface area (Å²) in [5, 5.41) is 19.5. The maximum atomic E-state index is 10.1. The number of aromatic nitrogens is 1. The zero-order chi connectivity index (χ0) is 18.5. The SMILES string of the molecule is Cc1cccc(Oc2ccc(N=Cc3c(CO)cnc(C)c3O)cc2)c1. The molecule has 1 heterocycles. The lowest BCUT2D eigenvalue weighted by Gasteiger charge is -2.07. The van der Waals surface area contributed by atoms with Gasteiger partial charge in [-0.25, -0.2) is 0 Å². The smallest absolute Gasteiger partial charge is 0.145 e. The maximum Gasteiger partial charge on any atom is 0.145 e. The number of hydrogen-bond donors (Lipinski definition) is 2. The normalized spacial score (nSPS) is 11.0. The van der Waals surface area contributed by atoms with Crippen LogP contribution in [0, 0.1) is 13.8 Å². The van der Waals surface area contributed by atoms with Gasteiger partial charge in [0.25, 0.3) is 0 Å². The molecule has 0 spiro atoms. The van der Waals surface area contributed by atoms with Crippen LogP contribution < -0.4 is 4.74 Å². The molecule has 0 bridgehead atoms. The van der Waals surface area contributed by atoms with Crippen LogP contribution in [-0.4, -0.2) is 21.4 Å². The van der Waals surface area contributed by atoms with Crippen molar-refractivity contribution in [3.05, 3.63) is 77.1 Å². The number of rotatable bonds is 5. The van der Waals surface area contributed by atoms with Crippen molar-refractivity contribution < 1.29 is 14.9 Å². The topological polar surface area (TPSA) is 74.9 Å². The summed E-state index contributed by atoms with van der Waals surface area (Å²) >= 11 is 0. The van der Waals surface area contributed by atoms with Gasteiger partial charge in [0.2, 0.25) is 0 Å². The highest BCUT2D eigenvalue weighted by molar-refractivity contribution is 5.87. The van der Waals surface area contributed by atoms with E-state index in [2.05, 4.69) is 9.98 Å². The minimum absolute atomic E-state index is 0.0275. The van der Waals surface area contributed by atoms with E-state index in [0.29, 0.717) is 28.3 Å². The lowest BCUT2D eigenvalue weighted by atomic mass is 10.1. The van der Waals surface area contributed by atoms with Crippen LogP contribution in [0.2, 0.25) is 0 Å². The van der Waals surface area contributed by atoms with E-state index in [-0.39, 0.29) is 12.4 Å². The molecule has 3 aromatic rings. The van der Waals surface area contributed by atoms with E-state index in [1.165, 1.54) is 12.4 Å². The van der Waals surface area contributed by atoms with Gasteiger partial charge in [-0.3, -0.25) is 9.98 Å².